The van der Waals surface area contributed by atoms with E-state index in [1.54, 1.807) is 6.07 Å². The maximum atomic E-state index is 9.12. The van der Waals surface area contributed by atoms with Crippen LogP contribution in [0.1, 0.15) is 17.0 Å². The van der Waals surface area contributed by atoms with Crippen molar-refractivity contribution in [1.82, 2.24) is 9.55 Å². The van der Waals surface area contributed by atoms with Crippen LogP contribution in [0.4, 0.5) is 0 Å². The second kappa shape index (κ2) is 5.40. The van der Waals surface area contributed by atoms with Crippen molar-refractivity contribution >= 4 is 34.2 Å². The van der Waals surface area contributed by atoms with Gasteiger partial charge >= 0.3 is 0 Å². The molecule has 0 aliphatic carbocycles. The van der Waals surface area contributed by atoms with Gasteiger partial charge in [-0.15, -0.1) is 11.6 Å². The van der Waals surface area contributed by atoms with Gasteiger partial charge in [-0.2, -0.15) is 5.26 Å². The minimum absolute atomic E-state index is 0.265. The van der Waals surface area contributed by atoms with Crippen LogP contribution in [0.2, 0.25) is 5.02 Å². The van der Waals surface area contributed by atoms with Crippen molar-refractivity contribution in [3.05, 3.63) is 58.4 Å². The monoisotopic (exact) mass is 315 g/mol. The van der Waals surface area contributed by atoms with Crippen LogP contribution in [0.15, 0.2) is 36.4 Å². The number of rotatable bonds is 2. The van der Waals surface area contributed by atoms with Crippen molar-refractivity contribution in [2.24, 2.45) is 0 Å². The second-order valence-corrected chi connectivity index (χ2v) is 5.39. The van der Waals surface area contributed by atoms with Gasteiger partial charge in [0.2, 0.25) is 0 Å². The molecule has 1 heterocycles. The fourth-order valence-electron chi connectivity index (χ4n) is 2.40. The topological polar surface area (TPSA) is 41.6 Å². The number of aromatic nitrogens is 2. The van der Waals surface area contributed by atoms with E-state index in [1.165, 1.54) is 0 Å². The van der Waals surface area contributed by atoms with Crippen molar-refractivity contribution < 1.29 is 0 Å². The van der Waals surface area contributed by atoms with E-state index in [2.05, 4.69) is 11.1 Å². The molecule has 0 atom stereocenters. The van der Waals surface area contributed by atoms with Crippen molar-refractivity contribution in [3.8, 4) is 11.8 Å². The second-order valence-electron chi connectivity index (χ2n) is 4.72. The molecule has 21 heavy (non-hydrogen) atoms. The molecular formula is C16H11Cl2N3. The van der Waals surface area contributed by atoms with Crippen LogP contribution >= 0.6 is 23.2 Å². The van der Waals surface area contributed by atoms with Gasteiger partial charge in [0.15, 0.2) is 0 Å². The van der Waals surface area contributed by atoms with Crippen molar-refractivity contribution in [2.45, 2.75) is 12.8 Å². The largest absolute Gasteiger partial charge is 0.293 e. The van der Waals surface area contributed by atoms with E-state index in [-0.39, 0.29) is 5.88 Å². The zero-order valence-electron chi connectivity index (χ0n) is 11.3. The summed E-state index contributed by atoms with van der Waals surface area (Å²) < 4.78 is 1.93. The van der Waals surface area contributed by atoms with Crippen LogP contribution in [-0.2, 0) is 5.88 Å². The van der Waals surface area contributed by atoms with E-state index in [1.807, 2.05) is 41.8 Å². The number of alkyl halides is 1. The standard InChI is InChI=1S/C16H11Cl2N3/c1-10-5-6-11(9-19)7-14(10)21-15(8-17)20-13-4-2-3-12(18)16(13)21/h2-7H,8H2,1H3. The van der Waals surface area contributed by atoms with Crippen LogP contribution in [0, 0.1) is 18.3 Å². The zero-order valence-corrected chi connectivity index (χ0v) is 12.8. The minimum Gasteiger partial charge on any atom is -0.293 e. The molecule has 5 heteroatoms. The summed E-state index contributed by atoms with van der Waals surface area (Å²) in [4.78, 5) is 4.53. The van der Waals surface area contributed by atoms with Crippen LogP contribution in [0.5, 0.6) is 0 Å². The van der Waals surface area contributed by atoms with Gasteiger partial charge in [0.25, 0.3) is 0 Å². The predicted molar refractivity (Wildman–Crippen MR) is 85.1 cm³/mol. The molecule has 0 saturated carbocycles. The molecule has 0 unspecified atom stereocenters. The molecule has 3 aromatic rings. The van der Waals surface area contributed by atoms with Crippen molar-refractivity contribution in [1.29, 1.82) is 5.26 Å². The number of imidazole rings is 1. The minimum atomic E-state index is 0.265. The first-order valence-electron chi connectivity index (χ1n) is 6.38. The van der Waals surface area contributed by atoms with E-state index < -0.39 is 0 Å². The normalized spacial score (nSPS) is 10.8. The highest BCUT2D eigenvalue weighted by atomic mass is 35.5. The quantitative estimate of drug-likeness (QED) is 0.648. The molecular weight excluding hydrogens is 305 g/mol. The average Bonchev–Trinajstić information content (AvgIpc) is 2.87. The number of aryl methyl sites for hydroxylation is 1. The fraction of sp³-hybridized carbons (Fsp3) is 0.125. The van der Waals surface area contributed by atoms with Gasteiger partial charge in [-0.3, -0.25) is 4.57 Å². The summed E-state index contributed by atoms with van der Waals surface area (Å²) in [6.45, 7) is 1.98. The number of benzene rings is 2. The number of nitriles is 1. The Morgan fingerprint density at radius 3 is 2.81 bits per heavy atom. The SMILES string of the molecule is Cc1ccc(C#N)cc1-n1c(CCl)nc2cccc(Cl)c21. The van der Waals surface area contributed by atoms with Crippen LogP contribution < -0.4 is 0 Å². The van der Waals surface area contributed by atoms with Gasteiger partial charge < -0.3 is 0 Å². The maximum absolute atomic E-state index is 9.12. The highest BCUT2D eigenvalue weighted by Crippen LogP contribution is 2.30. The van der Waals surface area contributed by atoms with E-state index in [4.69, 9.17) is 28.5 Å². The van der Waals surface area contributed by atoms with Gasteiger partial charge in [0.1, 0.15) is 5.82 Å². The van der Waals surface area contributed by atoms with Gasteiger partial charge in [0.05, 0.1) is 39.3 Å². The molecule has 0 aliphatic heterocycles. The highest BCUT2D eigenvalue weighted by Gasteiger charge is 2.16. The summed E-state index contributed by atoms with van der Waals surface area (Å²) in [7, 11) is 0. The summed E-state index contributed by atoms with van der Waals surface area (Å²) in [5.74, 6) is 0.972. The Labute approximate surface area is 132 Å². The number of fused-ring (bicyclic) bond motifs is 1. The molecule has 0 bridgehead atoms. The number of halogens is 2. The Balaban J connectivity index is 2.42. The number of hydrogen-bond acceptors (Lipinski definition) is 2. The van der Waals surface area contributed by atoms with Crippen molar-refractivity contribution in [3.63, 3.8) is 0 Å². The molecule has 0 amide bonds. The Morgan fingerprint density at radius 1 is 1.29 bits per heavy atom. The summed E-state index contributed by atoms with van der Waals surface area (Å²) >= 11 is 12.4. The first-order valence-corrected chi connectivity index (χ1v) is 7.30. The Hall–Kier alpha value is -2.02. The van der Waals surface area contributed by atoms with E-state index >= 15 is 0 Å². The van der Waals surface area contributed by atoms with Gasteiger partial charge in [-0.25, -0.2) is 4.98 Å². The molecule has 0 spiro atoms. The molecule has 1 aromatic heterocycles. The molecule has 0 aliphatic rings. The first-order chi connectivity index (χ1) is 10.2. The van der Waals surface area contributed by atoms with Gasteiger partial charge in [-0.1, -0.05) is 23.7 Å². The lowest BCUT2D eigenvalue weighted by atomic mass is 10.1. The van der Waals surface area contributed by atoms with Gasteiger partial charge in [0, 0.05) is 0 Å². The maximum Gasteiger partial charge on any atom is 0.129 e. The Kier molecular flexibility index (Phi) is 3.59. The Bertz CT molecular complexity index is 875. The van der Waals surface area contributed by atoms with Crippen molar-refractivity contribution in [2.75, 3.05) is 0 Å². The van der Waals surface area contributed by atoms with E-state index in [0.29, 0.717) is 16.4 Å². The lowest BCUT2D eigenvalue weighted by molar-refractivity contribution is 0.971. The van der Waals surface area contributed by atoms with Crippen LogP contribution in [-0.4, -0.2) is 9.55 Å². The summed E-state index contributed by atoms with van der Waals surface area (Å²) in [5.41, 5.74) is 4.10. The van der Waals surface area contributed by atoms with Crippen LogP contribution in [0.3, 0.4) is 0 Å². The molecule has 2 aromatic carbocycles. The van der Waals surface area contributed by atoms with Crippen LogP contribution in [0.25, 0.3) is 16.7 Å². The summed E-state index contributed by atoms with van der Waals surface area (Å²) in [6.07, 6.45) is 0. The van der Waals surface area contributed by atoms with E-state index in [0.717, 1.165) is 22.3 Å². The third-order valence-electron chi connectivity index (χ3n) is 3.40. The fourth-order valence-corrected chi connectivity index (χ4v) is 2.84. The predicted octanol–water partition coefficient (Wildman–Crippen LogP) is 4.60. The molecule has 0 radical (unpaired) electrons. The van der Waals surface area contributed by atoms with Gasteiger partial charge in [-0.05, 0) is 36.8 Å². The lowest BCUT2D eigenvalue weighted by Gasteiger charge is -2.12. The Morgan fingerprint density at radius 2 is 2.10 bits per heavy atom. The molecule has 104 valence electrons. The molecule has 0 saturated heterocycles. The third kappa shape index (κ3) is 2.27. The molecule has 3 rings (SSSR count). The average molecular weight is 316 g/mol. The number of para-hydroxylation sites is 1. The molecule has 0 fully saturated rings. The summed E-state index contributed by atoms with van der Waals surface area (Å²) in [5, 5.41) is 9.73. The first kappa shape index (κ1) is 13.9. The van der Waals surface area contributed by atoms with E-state index in [9.17, 15) is 0 Å². The summed E-state index contributed by atoms with van der Waals surface area (Å²) in [6, 6.07) is 13.3. The smallest absolute Gasteiger partial charge is 0.129 e. The lowest BCUT2D eigenvalue weighted by Crippen LogP contribution is -2.02. The highest BCUT2D eigenvalue weighted by molar-refractivity contribution is 6.35. The number of nitrogens with zero attached hydrogens (tertiary/aromatic N) is 3. The number of hydrogen-bond donors (Lipinski definition) is 0. The molecule has 3 nitrogen and oxygen atoms in total. The molecule has 0 N–H and O–H groups in total. The third-order valence-corrected chi connectivity index (χ3v) is 3.94. The zero-order chi connectivity index (χ0) is 15.0.